The van der Waals surface area contributed by atoms with Crippen molar-refractivity contribution in [3.63, 3.8) is 0 Å². The summed E-state index contributed by atoms with van der Waals surface area (Å²) in [5.41, 5.74) is 1.20. The molecule has 2 atom stereocenters. The average molecular weight is 584 g/mol. The quantitative estimate of drug-likeness (QED) is 0.294. The fourth-order valence-electron chi connectivity index (χ4n) is 4.17. The normalized spacial score (nSPS) is 12.7. The van der Waals surface area contributed by atoms with Crippen LogP contribution in [0.3, 0.4) is 0 Å². The third kappa shape index (κ3) is 8.53. The van der Waals surface area contributed by atoms with Crippen molar-refractivity contribution in [3.05, 3.63) is 90.2 Å². The molecule has 0 saturated heterocycles. The van der Waals surface area contributed by atoms with E-state index in [0.717, 1.165) is 40.6 Å². The van der Waals surface area contributed by atoms with E-state index < -0.39 is 34.3 Å². The molecule has 0 unspecified atom stereocenters. The van der Waals surface area contributed by atoms with Crippen LogP contribution in [-0.4, -0.2) is 56.9 Å². The van der Waals surface area contributed by atoms with Crippen LogP contribution < -0.4 is 14.4 Å². The summed E-state index contributed by atoms with van der Waals surface area (Å²) in [6, 6.07) is 19.4. The summed E-state index contributed by atoms with van der Waals surface area (Å²) in [5, 5.41) is 2.91. The van der Waals surface area contributed by atoms with Gasteiger partial charge in [0.25, 0.3) is 10.0 Å². The van der Waals surface area contributed by atoms with E-state index in [1.165, 1.54) is 4.90 Å². The minimum atomic E-state index is -4.28. The van der Waals surface area contributed by atoms with Crippen LogP contribution in [0.4, 0.5) is 10.1 Å². The lowest BCUT2D eigenvalue weighted by atomic mass is 10.1. The molecule has 41 heavy (non-hydrogen) atoms. The summed E-state index contributed by atoms with van der Waals surface area (Å²) < 4.78 is 47.7. The first-order chi connectivity index (χ1) is 19.6. The average Bonchev–Trinajstić information content (AvgIpc) is 2.97. The third-order valence-electron chi connectivity index (χ3n) is 6.77. The molecule has 3 aromatic rings. The number of rotatable bonds is 14. The lowest BCUT2D eigenvalue weighted by Crippen LogP contribution is -2.53. The molecule has 3 aromatic carbocycles. The maximum atomic E-state index is 13.9. The maximum Gasteiger partial charge on any atom is 0.264 e. The molecule has 3 rings (SSSR count). The van der Waals surface area contributed by atoms with Crippen LogP contribution in [-0.2, 0) is 26.0 Å². The Balaban J connectivity index is 1.98. The highest BCUT2D eigenvalue weighted by atomic mass is 32.2. The Morgan fingerprint density at radius 1 is 0.927 bits per heavy atom. The molecule has 0 aliphatic carbocycles. The number of anilines is 1. The Hall–Kier alpha value is -3.92. The fourth-order valence-corrected chi connectivity index (χ4v) is 5.59. The molecule has 0 aliphatic heterocycles. The van der Waals surface area contributed by atoms with Gasteiger partial charge in [-0.1, -0.05) is 37.3 Å². The van der Waals surface area contributed by atoms with Crippen molar-refractivity contribution in [1.29, 1.82) is 0 Å². The molecule has 0 radical (unpaired) electrons. The number of hydrogen-bond donors (Lipinski definition) is 1. The molecule has 0 aliphatic rings. The third-order valence-corrected chi connectivity index (χ3v) is 8.56. The second-order valence-corrected chi connectivity index (χ2v) is 11.6. The Morgan fingerprint density at radius 3 is 2.15 bits per heavy atom. The summed E-state index contributed by atoms with van der Waals surface area (Å²) in [6.07, 6.45) is 1.19. The smallest absolute Gasteiger partial charge is 0.264 e. The first-order valence-electron chi connectivity index (χ1n) is 13.7. The zero-order valence-corrected chi connectivity index (χ0v) is 24.7. The number of halogens is 1. The molecule has 0 spiro atoms. The van der Waals surface area contributed by atoms with Gasteiger partial charge in [0.15, 0.2) is 0 Å². The second kappa shape index (κ2) is 14.6. The van der Waals surface area contributed by atoms with Crippen molar-refractivity contribution in [2.45, 2.75) is 57.5 Å². The zero-order chi connectivity index (χ0) is 30.0. The van der Waals surface area contributed by atoms with Crippen LogP contribution in [0.2, 0.25) is 0 Å². The van der Waals surface area contributed by atoms with E-state index in [1.54, 1.807) is 31.2 Å². The number of carbonyl (C=O) groups is 2. The molecule has 220 valence electrons. The molecule has 0 bridgehead atoms. The van der Waals surface area contributed by atoms with Gasteiger partial charge in [-0.3, -0.25) is 13.9 Å². The number of hydrogen-bond acceptors (Lipinski definition) is 5. The van der Waals surface area contributed by atoms with Gasteiger partial charge in [-0.25, -0.2) is 12.8 Å². The van der Waals surface area contributed by atoms with E-state index in [1.807, 2.05) is 51.1 Å². The minimum absolute atomic E-state index is 0.0877. The largest absolute Gasteiger partial charge is 0.494 e. The predicted molar refractivity (Wildman–Crippen MR) is 158 cm³/mol. The molecule has 10 heteroatoms. The molecule has 0 fully saturated rings. The summed E-state index contributed by atoms with van der Waals surface area (Å²) in [5.74, 6) is -0.913. The van der Waals surface area contributed by atoms with Crippen LogP contribution in [0.5, 0.6) is 5.75 Å². The second-order valence-electron chi connectivity index (χ2n) is 9.71. The van der Waals surface area contributed by atoms with Crippen molar-refractivity contribution in [2.75, 3.05) is 24.0 Å². The summed E-state index contributed by atoms with van der Waals surface area (Å²) in [6.45, 7) is 7.36. The number of sulfonamides is 1. The number of ether oxygens (including phenoxy) is 1. The van der Waals surface area contributed by atoms with Crippen LogP contribution >= 0.6 is 0 Å². The Bertz CT molecular complexity index is 1380. The number of amides is 2. The Labute approximate surface area is 242 Å². The standard InChI is InChI=1S/C31H38FN3O5S/c1-5-23(3)33-31(37)24(4)34(21-20-25-10-8-7-9-11-25)30(36)22-35(27-14-16-28(17-15-27)40-6-2)41(38,39)29-18-12-26(32)13-19-29/h7-19,23-24H,5-6,20-22H2,1-4H3,(H,33,37)/t23-,24+/m1/s1. The van der Waals surface area contributed by atoms with Gasteiger partial charge in [-0.2, -0.15) is 0 Å². The summed E-state index contributed by atoms with van der Waals surface area (Å²) >= 11 is 0. The first kappa shape index (κ1) is 31.6. The van der Waals surface area contributed by atoms with Crippen molar-refractivity contribution in [3.8, 4) is 5.75 Å². The van der Waals surface area contributed by atoms with Gasteiger partial charge < -0.3 is 15.0 Å². The SMILES string of the molecule is CCOc1ccc(N(CC(=O)N(CCc2ccccc2)[C@@H](C)C(=O)N[C@H](C)CC)S(=O)(=O)c2ccc(F)cc2)cc1. The van der Waals surface area contributed by atoms with Crippen LogP contribution in [0.15, 0.2) is 83.8 Å². The molecule has 8 nitrogen and oxygen atoms in total. The van der Waals surface area contributed by atoms with Crippen molar-refractivity contribution >= 4 is 27.5 Å². The molecule has 0 saturated carbocycles. The van der Waals surface area contributed by atoms with E-state index in [-0.39, 0.29) is 29.1 Å². The van der Waals surface area contributed by atoms with Gasteiger partial charge in [0.05, 0.1) is 17.2 Å². The molecule has 2 amide bonds. The van der Waals surface area contributed by atoms with Crippen LogP contribution in [0, 0.1) is 5.82 Å². The highest BCUT2D eigenvalue weighted by molar-refractivity contribution is 7.92. The number of nitrogens with zero attached hydrogens (tertiary/aromatic N) is 2. The highest BCUT2D eigenvalue weighted by Gasteiger charge is 2.32. The number of nitrogens with one attached hydrogen (secondary N) is 1. The van der Waals surface area contributed by atoms with E-state index in [4.69, 9.17) is 4.74 Å². The lowest BCUT2D eigenvalue weighted by molar-refractivity contribution is -0.139. The number of carbonyl (C=O) groups excluding carboxylic acids is 2. The van der Waals surface area contributed by atoms with Gasteiger partial charge in [0.2, 0.25) is 11.8 Å². The lowest BCUT2D eigenvalue weighted by Gasteiger charge is -2.32. The molecule has 0 heterocycles. The van der Waals surface area contributed by atoms with Crippen LogP contribution in [0.25, 0.3) is 0 Å². The summed E-state index contributed by atoms with van der Waals surface area (Å²) in [4.78, 5) is 28.2. The van der Waals surface area contributed by atoms with Gasteiger partial charge in [-0.15, -0.1) is 0 Å². The van der Waals surface area contributed by atoms with Gasteiger partial charge in [0, 0.05) is 12.6 Å². The number of benzene rings is 3. The van der Waals surface area contributed by atoms with Crippen molar-refractivity contribution in [2.24, 2.45) is 0 Å². The van der Waals surface area contributed by atoms with Gasteiger partial charge in [-0.05, 0) is 87.7 Å². The summed E-state index contributed by atoms with van der Waals surface area (Å²) in [7, 11) is -4.28. The molecule has 1 N–H and O–H groups in total. The van der Waals surface area contributed by atoms with Crippen LogP contribution in [0.1, 0.15) is 39.7 Å². The Kier molecular flexibility index (Phi) is 11.3. The zero-order valence-electron chi connectivity index (χ0n) is 23.9. The van der Waals surface area contributed by atoms with E-state index in [9.17, 15) is 22.4 Å². The topological polar surface area (TPSA) is 96.0 Å². The van der Waals surface area contributed by atoms with Crippen molar-refractivity contribution in [1.82, 2.24) is 10.2 Å². The minimum Gasteiger partial charge on any atom is -0.494 e. The van der Waals surface area contributed by atoms with Gasteiger partial charge >= 0.3 is 0 Å². The van der Waals surface area contributed by atoms with Gasteiger partial charge in [0.1, 0.15) is 24.2 Å². The molecule has 0 aromatic heterocycles. The van der Waals surface area contributed by atoms with E-state index in [0.29, 0.717) is 18.8 Å². The van der Waals surface area contributed by atoms with E-state index >= 15 is 0 Å². The monoisotopic (exact) mass is 583 g/mol. The Morgan fingerprint density at radius 2 is 1.56 bits per heavy atom. The first-order valence-corrected chi connectivity index (χ1v) is 15.2. The van der Waals surface area contributed by atoms with Crippen molar-refractivity contribution < 1.29 is 27.1 Å². The highest BCUT2D eigenvalue weighted by Crippen LogP contribution is 2.26. The fraction of sp³-hybridized carbons (Fsp3) is 0.355. The molecular weight excluding hydrogens is 545 g/mol. The predicted octanol–water partition coefficient (Wildman–Crippen LogP) is 4.79. The van der Waals surface area contributed by atoms with E-state index in [2.05, 4.69) is 5.32 Å². The maximum absolute atomic E-state index is 13.9. The molecular formula is C31H38FN3O5S.